The van der Waals surface area contributed by atoms with E-state index in [-0.39, 0.29) is 30.6 Å². The first-order chi connectivity index (χ1) is 14.2. The minimum atomic E-state index is -1.50. The molecule has 2 aromatic rings. The molecule has 0 saturated heterocycles. The third-order valence-electron chi connectivity index (χ3n) is 5.38. The minimum absolute atomic E-state index is 0.0256. The number of β-amino-alcohol motifs (C(OH)–C–C–N with tert-alkyl or cyclic N) is 1. The molecule has 0 fully saturated rings. The smallest absolute Gasteiger partial charge is 0.322 e. The Kier molecular flexibility index (Phi) is 5.16. The van der Waals surface area contributed by atoms with Crippen LogP contribution in [0.25, 0.3) is 0 Å². The fourth-order valence-electron chi connectivity index (χ4n) is 3.85. The third-order valence-corrected chi connectivity index (χ3v) is 5.67. The number of nitrogens with zero attached hydrogens (tertiary/aromatic N) is 4. The number of aliphatic hydroxyl groups excluding tert-OH is 1. The lowest BCUT2D eigenvalue weighted by Gasteiger charge is -2.28. The molecule has 3 amide bonds. The van der Waals surface area contributed by atoms with Gasteiger partial charge in [0.25, 0.3) is 5.91 Å². The van der Waals surface area contributed by atoms with Crippen LogP contribution in [0.3, 0.4) is 0 Å². The minimum Gasteiger partial charge on any atom is -0.393 e. The molecule has 1 unspecified atom stereocenters. The number of nitrogens with one attached hydrogen (secondary N) is 1. The van der Waals surface area contributed by atoms with E-state index in [4.69, 9.17) is 11.6 Å². The maximum atomic E-state index is 13.3. The Balaban J connectivity index is 1.59. The lowest BCUT2D eigenvalue weighted by Crippen LogP contribution is -2.47. The summed E-state index contributed by atoms with van der Waals surface area (Å²) in [6.45, 7) is -0.0391. The van der Waals surface area contributed by atoms with Gasteiger partial charge in [0.05, 0.1) is 37.0 Å². The normalized spacial score (nSPS) is 21.2. The topological polar surface area (TPSA) is 111 Å². The van der Waals surface area contributed by atoms with Gasteiger partial charge in [-0.25, -0.2) is 9.18 Å². The molecule has 1 aromatic heterocycles. The summed E-state index contributed by atoms with van der Waals surface area (Å²) >= 11 is 5.76. The first-order valence-corrected chi connectivity index (χ1v) is 9.77. The van der Waals surface area contributed by atoms with Crippen molar-refractivity contribution in [3.8, 4) is 0 Å². The summed E-state index contributed by atoms with van der Waals surface area (Å²) in [5.74, 6) is -0.911. The van der Waals surface area contributed by atoms with Crippen LogP contribution in [0, 0.1) is 5.82 Å². The summed E-state index contributed by atoms with van der Waals surface area (Å²) in [4.78, 5) is 28.5. The Hall–Kier alpha value is -2.69. The number of anilines is 1. The van der Waals surface area contributed by atoms with Crippen LogP contribution < -0.4 is 5.32 Å². The maximum absolute atomic E-state index is 13.3. The van der Waals surface area contributed by atoms with Crippen LogP contribution in [0.2, 0.25) is 5.02 Å². The lowest BCUT2D eigenvalue weighted by atomic mass is 10.0. The van der Waals surface area contributed by atoms with Gasteiger partial charge in [-0.1, -0.05) is 11.6 Å². The molecule has 9 nitrogen and oxygen atoms in total. The summed E-state index contributed by atoms with van der Waals surface area (Å²) < 4.78 is 14.8. The fourth-order valence-corrected chi connectivity index (χ4v) is 4.03. The van der Waals surface area contributed by atoms with E-state index in [2.05, 4.69) is 10.4 Å². The van der Waals surface area contributed by atoms with Gasteiger partial charge in [0.15, 0.2) is 0 Å². The van der Waals surface area contributed by atoms with Crippen LogP contribution in [-0.4, -0.2) is 74.1 Å². The lowest BCUT2D eigenvalue weighted by molar-refractivity contribution is -0.0413. The number of carbonyl (C=O) groups is 2. The highest BCUT2D eigenvalue weighted by atomic mass is 35.5. The van der Waals surface area contributed by atoms with Crippen LogP contribution in [-0.2, 0) is 19.5 Å². The molecule has 3 N–H and O–H groups in total. The number of likely N-dealkylation sites (N-methyl/N-ethyl adjacent to an activating group) is 1. The molecular formula is C19H21ClFN5O4. The Morgan fingerprint density at radius 3 is 2.87 bits per heavy atom. The zero-order chi connectivity index (χ0) is 21.6. The van der Waals surface area contributed by atoms with Crippen molar-refractivity contribution in [3.63, 3.8) is 0 Å². The van der Waals surface area contributed by atoms with Gasteiger partial charge in [-0.15, -0.1) is 0 Å². The molecule has 0 bridgehead atoms. The van der Waals surface area contributed by atoms with Crippen molar-refractivity contribution in [2.24, 2.45) is 0 Å². The number of carbonyl (C=O) groups excluding carboxylic acids is 2. The fraction of sp³-hybridized carbons (Fsp3) is 0.421. The van der Waals surface area contributed by atoms with E-state index in [0.29, 0.717) is 35.6 Å². The Morgan fingerprint density at radius 2 is 2.17 bits per heavy atom. The molecule has 2 aliphatic rings. The second kappa shape index (κ2) is 7.53. The molecule has 0 saturated carbocycles. The standard InChI is InChI=1S/C19H21ClFN5O4/c1-24-8-19(30,10-27)9-26-16(17(24)28)12-7-25(5-4-15(12)23-26)18(29)22-11-2-3-14(21)13(20)6-11/h2-3,6,27,30H,4-5,7-10H2,1H3,(H,22,29). The SMILES string of the molecule is CN1CC(O)(CO)Cn2nc3c(c2C1=O)CN(C(=O)Nc1ccc(F)c(Cl)c1)CC3. The Bertz CT molecular complexity index is 1030. The van der Waals surface area contributed by atoms with Gasteiger partial charge in [0, 0.05) is 31.3 Å². The molecule has 160 valence electrons. The number of benzene rings is 1. The first kappa shape index (κ1) is 20.6. The summed E-state index contributed by atoms with van der Waals surface area (Å²) in [5, 5.41) is 27.2. The van der Waals surface area contributed by atoms with Gasteiger partial charge in [-0.3, -0.25) is 9.48 Å². The molecule has 2 aliphatic heterocycles. The molecule has 0 radical (unpaired) electrons. The van der Waals surface area contributed by atoms with Crippen molar-refractivity contribution in [2.45, 2.75) is 25.1 Å². The highest BCUT2D eigenvalue weighted by molar-refractivity contribution is 6.31. The Morgan fingerprint density at radius 1 is 1.40 bits per heavy atom. The van der Waals surface area contributed by atoms with Crippen molar-refractivity contribution in [1.82, 2.24) is 19.6 Å². The van der Waals surface area contributed by atoms with E-state index in [0.717, 1.165) is 0 Å². The van der Waals surface area contributed by atoms with Gasteiger partial charge in [0.2, 0.25) is 0 Å². The summed E-state index contributed by atoms with van der Waals surface area (Å²) in [6.07, 6.45) is 0.432. The average molecular weight is 438 g/mol. The van der Waals surface area contributed by atoms with E-state index in [1.165, 1.54) is 32.7 Å². The van der Waals surface area contributed by atoms with E-state index in [1.54, 1.807) is 7.05 Å². The molecule has 0 aliphatic carbocycles. The average Bonchev–Trinajstić information content (AvgIpc) is 3.02. The number of urea groups is 1. The zero-order valence-electron chi connectivity index (χ0n) is 16.2. The number of fused-ring (bicyclic) bond motifs is 3. The van der Waals surface area contributed by atoms with Gasteiger partial charge in [0.1, 0.15) is 17.1 Å². The summed E-state index contributed by atoms with van der Waals surface area (Å²) in [5.41, 5.74) is 0.466. The van der Waals surface area contributed by atoms with Crippen LogP contribution in [0.5, 0.6) is 0 Å². The number of hydrogen-bond donors (Lipinski definition) is 3. The molecule has 1 aromatic carbocycles. The van der Waals surface area contributed by atoms with E-state index in [1.807, 2.05) is 0 Å². The third kappa shape index (κ3) is 3.62. The second-order valence-electron chi connectivity index (χ2n) is 7.71. The van der Waals surface area contributed by atoms with Crippen molar-refractivity contribution in [1.29, 1.82) is 0 Å². The first-order valence-electron chi connectivity index (χ1n) is 9.39. The van der Waals surface area contributed by atoms with Gasteiger partial charge in [-0.2, -0.15) is 5.10 Å². The van der Waals surface area contributed by atoms with Crippen molar-refractivity contribution < 1.29 is 24.2 Å². The molecule has 3 heterocycles. The van der Waals surface area contributed by atoms with Crippen molar-refractivity contribution in [2.75, 3.05) is 32.1 Å². The summed E-state index contributed by atoms with van der Waals surface area (Å²) in [7, 11) is 1.55. The highest BCUT2D eigenvalue weighted by Crippen LogP contribution is 2.28. The predicted molar refractivity (Wildman–Crippen MR) is 106 cm³/mol. The molecule has 1 atom stereocenters. The Labute approximate surface area is 176 Å². The zero-order valence-corrected chi connectivity index (χ0v) is 17.0. The highest BCUT2D eigenvalue weighted by Gasteiger charge is 2.40. The largest absolute Gasteiger partial charge is 0.393 e. The van der Waals surface area contributed by atoms with E-state index >= 15 is 0 Å². The molecule has 4 rings (SSSR count). The van der Waals surface area contributed by atoms with Gasteiger partial charge in [-0.05, 0) is 18.2 Å². The quantitative estimate of drug-likeness (QED) is 0.651. The van der Waals surface area contributed by atoms with Crippen LogP contribution >= 0.6 is 11.6 Å². The van der Waals surface area contributed by atoms with Crippen LogP contribution in [0.15, 0.2) is 18.2 Å². The number of hydrogen-bond acceptors (Lipinski definition) is 5. The van der Waals surface area contributed by atoms with Crippen LogP contribution in [0.4, 0.5) is 14.9 Å². The number of amides is 3. The van der Waals surface area contributed by atoms with E-state index in [9.17, 15) is 24.2 Å². The second-order valence-corrected chi connectivity index (χ2v) is 8.11. The van der Waals surface area contributed by atoms with E-state index < -0.39 is 24.1 Å². The maximum Gasteiger partial charge on any atom is 0.322 e. The molecular weight excluding hydrogens is 417 g/mol. The van der Waals surface area contributed by atoms with Crippen LogP contribution in [0.1, 0.15) is 21.7 Å². The molecule has 11 heteroatoms. The number of aromatic nitrogens is 2. The van der Waals surface area contributed by atoms with Crippen molar-refractivity contribution >= 4 is 29.2 Å². The van der Waals surface area contributed by atoms with Gasteiger partial charge < -0.3 is 25.3 Å². The number of rotatable bonds is 2. The predicted octanol–water partition coefficient (Wildman–Crippen LogP) is 1.07. The van der Waals surface area contributed by atoms with Gasteiger partial charge >= 0.3 is 6.03 Å². The number of aliphatic hydroxyl groups is 2. The summed E-state index contributed by atoms with van der Waals surface area (Å²) in [6, 6.07) is 3.49. The van der Waals surface area contributed by atoms with Crippen molar-refractivity contribution in [3.05, 3.63) is 46.0 Å². The molecule has 0 spiro atoms. The monoisotopic (exact) mass is 437 g/mol. The number of halogens is 2. The molecule has 30 heavy (non-hydrogen) atoms.